The van der Waals surface area contributed by atoms with E-state index in [1.807, 2.05) is 0 Å². The average Bonchev–Trinajstić information content (AvgIpc) is 2.44. The van der Waals surface area contributed by atoms with Crippen LogP contribution in [0.3, 0.4) is 0 Å². The van der Waals surface area contributed by atoms with E-state index in [1.54, 1.807) is 6.92 Å². The van der Waals surface area contributed by atoms with E-state index in [0.717, 1.165) is 19.5 Å². The van der Waals surface area contributed by atoms with Gasteiger partial charge in [0.2, 0.25) is 0 Å². The Bertz CT molecular complexity index is 487. The molecule has 2 rings (SSSR count). The average molecular weight is 299 g/mol. The molecule has 0 aliphatic carbocycles. The highest BCUT2D eigenvalue weighted by Crippen LogP contribution is 2.20. The van der Waals surface area contributed by atoms with Crippen molar-refractivity contribution in [1.82, 2.24) is 10.6 Å². The minimum atomic E-state index is -0.406. The maximum Gasteiger partial charge on any atom is 0.252 e. The first-order chi connectivity index (χ1) is 9.58. The molecule has 0 spiro atoms. The van der Waals surface area contributed by atoms with Crippen LogP contribution < -0.4 is 10.6 Å². The maximum atomic E-state index is 13.5. The van der Waals surface area contributed by atoms with Crippen molar-refractivity contribution in [2.24, 2.45) is 5.92 Å². The first-order valence-electron chi connectivity index (χ1n) is 7.02. The Morgan fingerprint density at radius 1 is 1.55 bits per heavy atom. The molecule has 5 heteroatoms. The molecule has 2 N–H and O–H groups in total. The van der Waals surface area contributed by atoms with Gasteiger partial charge in [-0.25, -0.2) is 4.39 Å². The quantitative estimate of drug-likeness (QED) is 0.897. The molecule has 0 radical (unpaired) electrons. The van der Waals surface area contributed by atoms with Crippen LogP contribution in [0.4, 0.5) is 4.39 Å². The molecular weight excluding hydrogens is 279 g/mol. The topological polar surface area (TPSA) is 41.1 Å². The number of hydrogen-bond donors (Lipinski definition) is 2. The molecule has 0 saturated carbocycles. The van der Waals surface area contributed by atoms with E-state index >= 15 is 0 Å². The molecule has 1 aromatic rings. The van der Waals surface area contributed by atoms with E-state index in [-0.39, 0.29) is 11.5 Å². The number of halogens is 2. The van der Waals surface area contributed by atoms with Crippen LogP contribution in [-0.4, -0.2) is 25.5 Å². The molecule has 20 heavy (non-hydrogen) atoms. The van der Waals surface area contributed by atoms with E-state index in [4.69, 9.17) is 11.6 Å². The summed E-state index contributed by atoms with van der Waals surface area (Å²) >= 11 is 5.99. The number of hydrogen-bond acceptors (Lipinski definition) is 2. The minimum Gasteiger partial charge on any atom is -0.352 e. The summed E-state index contributed by atoms with van der Waals surface area (Å²) in [6, 6.07) is 2.69. The number of carbonyl (C=O) groups excluding carboxylic acids is 1. The highest BCUT2D eigenvalue weighted by Gasteiger charge is 2.15. The third-order valence-corrected chi connectivity index (χ3v) is 4.04. The molecule has 1 aromatic carbocycles. The predicted molar refractivity (Wildman–Crippen MR) is 78.7 cm³/mol. The van der Waals surface area contributed by atoms with Gasteiger partial charge >= 0.3 is 0 Å². The van der Waals surface area contributed by atoms with Crippen LogP contribution >= 0.6 is 11.6 Å². The lowest BCUT2D eigenvalue weighted by Gasteiger charge is -2.22. The lowest BCUT2D eigenvalue weighted by Crippen LogP contribution is -2.33. The van der Waals surface area contributed by atoms with Crippen molar-refractivity contribution in [2.45, 2.75) is 26.2 Å². The highest BCUT2D eigenvalue weighted by atomic mass is 35.5. The zero-order chi connectivity index (χ0) is 14.5. The molecule has 1 heterocycles. The number of benzene rings is 1. The summed E-state index contributed by atoms with van der Waals surface area (Å²) in [7, 11) is 0. The van der Waals surface area contributed by atoms with Gasteiger partial charge < -0.3 is 10.6 Å². The van der Waals surface area contributed by atoms with Crippen molar-refractivity contribution < 1.29 is 9.18 Å². The van der Waals surface area contributed by atoms with Gasteiger partial charge in [-0.1, -0.05) is 11.6 Å². The molecule has 0 bridgehead atoms. The van der Waals surface area contributed by atoms with Gasteiger partial charge in [-0.15, -0.1) is 0 Å². The first-order valence-corrected chi connectivity index (χ1v) is 7.40. The van der Waals surface area contributed by atoms with Crippen LogP contribution in [0.1, 0.15) is 35.2 Å². The third-order valence-electron chi connectivity index (χ3n) is 3.73. The Labute approximate surface area is 123 Å². The first kappa shape index (κ1) is 15.3. The zero-order valence-electron chi connectivity index (χ0n) is 11.6. The van der Waals surface area contributed by atoms with E-state index in [2.05, 4.69) is 10.6 Å². The van der Waals surface area contributed by atoms with E-state index in [1.165, 1.54) is 25.0 Å². The molecule has 1 unspecified atom stereocenters. The van der Waals surface area contributed by atoms with Crippen LogP contribution in [0.25, 0.3) is 0 Å². The van der Waals surface area contributed by atoms with Crippen molar-refractivity contribution in [3.63, 3.8) is 0 Å². The number of piperidine rings is 1. The second-order valence-electron chi connectivity index (χ2n) is 5.34. The zero-order valence-corrected chi connectivity index (χ0v) is 12.4. The second kappa shape index (κ2) is 7.04. The molecule has 3 nitrogen and oxygen atoms in total. The van der Waals surface area contributed by atoms with E-state index < -0.39 is 5.82 Å². The smallest absolute Gasteiger partial charge is 0.252 e. The summed E-state index contributed by atoms with van der Waals surface area (Å²) in [4.78, 5) is 12.0. The van der Waals surface area contributed by atoms with Crippen LogP contribution in [-0.2, 0) is 0 Å². The number of carbonyl (C=O) groups is 1. The summed E-state index contributed by atoms with van der Waals surface area (Å²) < 4.78 is 13.5. The summed E-state index contributed by atoms with van der Waals surface area (Å²) in [5, 5.41) is 6.45. The van der Waals surface area contributed by atoms with Crippen molar-refractivity contribution in [2.75, 3.05) is 19.6 Å². The Morgan fingerprint density at radius 3 is 3.05 bits per heavy atom. The Kier molecular flexibility index (Phi) is 5.38. The van der Waals surface area contributed by atoms with E-state index in [9.17, 15) is 9.18 Å². The van der Waals surface area contributed by atoms with Crippen LogP contribution in [0.5, 0.6) is 0 Å². The Hall–Kier alpha value is -1.13. The standard InChI is InChI=1S/C15H20ClFN2O/c1-10-7-13(16)12(8-14(10)17)15(20)19-6-4-11-3-2-5-18-9-11/h7-8,11,18H,2-6,9H2,1H3,(H,19,20). The molecule has 1 amide bonds. The van der Waals surface area contributed by atoms with Gasteiger partial charge in [0.05, 0.1) is 10.6 Å². The second-order valence-corrected chi connectivity index (χ2v) is 5.75. The van der Waals surface area contributed by atoms with Crippen molar-refractivity contribution in [3.8, 4) is 0 Å². The molecule has 110 valence electrons. The fourth-order valence-corrected chi connectivity index (χ4v) is 2.78. The molecule has 1 aliphatic heterocycles. The summed E-state index contributed by atoms with van der Waals surface area (Å²) in [5.74, 6) is -0.108. The Morgan fingerprint density at radius 2 is 2.35 bits per heavy atom. The molecule has 1 atom stereocenters. The van der Waals surface area contributed by atoms with Gasteiger partial charge in [0.25, 0.3) is 5.91 Å². The monoisotopic (exact) mass is 298 g/mol. The van der Waals surface area contributed by atoms with Crippen LogP contribution in [0.15, 0.2) is 12.1 Å². The third kappa shape index (κ3) is 3.93. The van der Waals surface area contributed by atoms with Gasteiger partial charge in [0, 0.05) is 6.54 Å². The number of aryl methyl sites for hydroxylation is 1. The molecule has 0 aromatic heterocycles. The highest BCUT2D eigenvalue weighted by molar-refractivity contribution is 6.33. The summed E-state index contributed by atoms with van der Waals surface area (Å²) in [6.45, 7) is 4.31. The fourth-order valence-electron chi connectivity index (χ4n) is 2.48. The van der Waals surface area contributed by atoms with Crippen molar-refractivity contribution in [3.05, 3.63) is 34.1 Å². The van der Waals surface area contributed by atoms with Crippen LogP contribution in [0.2, 0.25) is 5.02 Å². The van der Waals surface area contributed by atoms with Crippen molar-refractivity contribution >= 4 is 17.5 Å². The largest absolute Gasteiger partial charge is 0.352 e. The molecule has 1 saturated heterocycles. The number of amides is 1. The van der Waals surface area contributed by atoms with E-state index in [0.29, 0.717) is 23.0 Å². The SMILES string of the molecule is Cc1cc(Cl)c(C(=O)NCCC2CCCNC2)cc1F. The lowest BCUT2D eigenvalue weighted by atomic mass is 9.96. The predicted octanol–water partition coefficient (Wildman–Crippen LogP) is 2.91. The van der Waals surface area contributed by atoms with Crippen molar-refractivity contribution in [1.29, 1.82) is 0 Å². The number of rotatable bonds is 4. The summed E-state index contributed by atoms with van der Waals surface area (Å²) in [5.41, 5.74) is 0.649. The van der Waals surface area contributed by atoms with Gasteiger partial charge in [-0.2, -0.15) is 0 Å². The van der Waals surface area contributed by atoms with Crippen LogP contribution in [0, 0.1) is 18.7 Å². The van der Waals surface area contributed by atoms with Gasteiger partial charge in [0.15, 0.2) is 0 Å². The Balaban J connectivity index is 1.87. The fraction of sp³-hybridized carbons (Fsp3) is 0.533. The summed E-state index contributed by atoms with van der Waals surface area (Å²) in [6.07, 6.45) is 3.32. The normalized spacial score (nSPS) is 18.9. The maximum absolute atomic E-state index is 13.5. The van der Waals surface area contributed by atoms with Gasteiger partial charge in [0.1, 0.15) is 5.82 Å². The molecular formula is C15H20ClFN2O. The lowest BCUT2D eigenvalue weighted by molar-refractivity contribution is 0.0950. The van der Waals surface area contributed by atoms with Gasteiger partial charge in [-0.3, -0.25) is 4.79 Å². The molecule has 1 fully saturated rings. The van der Waals surface area contributed by atoms with Gasteiger partial charge in [-0.05, 0) is 62.9 Å². The number of nitrogens with one attached hydrogen (secondary N) is 2. The molecule has 1 aliphatic rings. The minimum absolute atomic E-state index is 0.205.